The zero-order valence-corrected chi connectivity index (χ0v) is 28.0. The van der Waals surface area contributed by atoms with Crippen molar-refractivity contribution in [2.75, 3.05) is 59.7 Å². The van der Waals surface area contributed by atoms with Crippen LogP contribution in [0.1, 0.15) is 123 Å². The molecule has 0 saturated carbocycles. The molecular weight excluding hydrogens is 544 g/mol. The van der Waals surface area contributed by atoms with Crippen molar-refractivity contribution in [2.45, 2.75) is 135 Å². The van der Waals surface area contributed by atoms with Gasteiger partial charge < -0.3 is 29.2 Å². The van der Waals surface area contributed by atoms with Crippen LogP contribution in [0.4, 0.5) is 0 Å². The van der Waals surface area contributed by atoms with Crippen molar-refractivity contribution in [1.82, 2.24) is 5.32 Å². The summed E-state index contributed by atoms with van der Waals surface area (Å²) in [6, 6.07) is 0. The molecule has 0 aromatic heterocycles. The molecule has 0 aliphatic heterocycles. The molecule has 0 spiro atoms. The molecule has 0 aliphatic rings. The molecule has 0 aromatic rings. The highest BCUT2D eigenvalue weighted by Crippen LogP contribution is 2.43. The molecule has 0 fully saturated rings. The molecule has 3 unspecified atom stereocenters. The number of phosphoric acid groups is 1. The molecule has 0 radical (unpaired) electrons. The molecule has 0 rings (SSSR count). The maximum atomic E-state index is 12.2. The monoisotopic (exact) mass is 609 g/mol. The minimum Gasteiger partial charge on any atom is -0.379 e. The molecule has 0 saturated heterocycles. The Hall–Kier alpha value is -0.0251. The molecule has 0 aliphatic carbocycles. The maximum absolute atomic E-state index is 12.2. The molecule has 0 bridgehead atoms. The average Bonchev–Trinajstić information content (AvgIpc) is 2.95. The van der Waals surface area contributed by atoms with Crippen molar-refractivity contribution in [3.8, 4) is 0 Å². The summed E-state index contributed by atoms with van der Waals surface area (Å²) in [7, 11) is -0.428. The van der Waals surface area contributed by atoms with Crippen LogP contribution in [0.15, 0.2) is 0 Å². The van der Waals surface area contributed by atoms with Gasteiger partial charge in [0.05, 0.1) is 19.8 Å². The Bertz CT molecular complexity index is 573. The van der Waals surface area contributed by atoms with Crippen LogP contribution in [-0.2, 0) is 32.6 Å². The molecule has 11 heteroatoms. The Morgan fingerprint density at radius 1 is 0.707 bits per heavy atom. The van der Waals surface area contributed by atoms with Crippen LogP contribution in [0.3, 0.4) is 0 Å². The molecule has 0 aromatic carbocycles. The summed E-state index contributed by atoms with van der Waals surface area (Å²) >= 11 is 0. The van der Waals surface area contributed by atoms with Gasteiger partial charge in [0.1, 0.15) is 14.0 Å². The number of nitrogens with one attached hydrogen (secondary N) is 1. The third kappa shape index (κ3) is 29.8. The number of rotatable bonds is 34. The third-order valence-corrected chi connectivity index (χ3v) is 7.85. The van der Waals surface area contributed by atoms with Crippen LogP contribution in [0.5, 0.6) is 0 Å². The van der Waals surface area contributed by atoms with Crippen LogP contribution in [-0.4, -0.2) is 84.9 Å². The molecule has 9 nitrogen and oxygen atoms in total. The van der Waals surface area contributed by atoms with Crippen LogP contribution < -0.4 is 5.32 Å². The standard InChI is InChI=1S/C30H65BNO8P/c1-4-6-7-8-9-10-11-12-13-14-15-16-17-19-23-35-26-29(27-40-41(33,34)39-25-22-32-3)37-24-20-18-21-30(36-5-2)38-28-31/h29-30,32H,4-28,31H2,1-3H3,(H,33,34). The van der Waals surface area contributed by atoms with E-state index in [-0.39, 0.29) is 19.5 Å². The van der Waals surface area contributed by atoms with Gasteiger partial charge in [0.25, 0.3) is 0 Å². The summed E-state index contributed by atoms with van der Waals surface area (Å²) in [5.74, 6) is 0. The predicted molar refractivity (Wildman–Crippen MR) is 170 cm³/mol. The number of hydrogen-bond donors (Lipinski definition) is 2. The number of ether oxygens (including phenoxy) is 4. The Morgan fingerprint density at radius 2 is 1.29 bits per heavy atom. The lowest BCUT2D eigenvalue weighted by molar-refractivity contribution is -0.131. The lowest BCUT2D eigenvalue weighted by Gasteiger charge is -2.20. The second kappa shape index (κ2) is 31.4. The van der Waals surface area contributed by atoms with Crippen molar-refractivity contribution in [3.05, 3.63) is 0 Å². The largest absolute Gasteiger partial charge is 0.472 e. The van der Waals surface area contributed by atoms with Crippen LogP contribution >= 0.6 is 7.82 Å². The Balaban J connectivity index is 4.09. The summed E-state index contributed by atoms with van der Waals surface area (Å²) < 4.78 is 45.3. The van der Waals surface area contributed by atoms with Gasteiger partial charge in [-0.1, -0.05) is 90.4 Å². The Kier molecular flexibility index (Phi) is 31.4. The van der Waals surface area contributed by atoms with E-state index in [1.165, 1.54) is 77.0 Å². The summed E-state index contributed by atoms with van der Waals surface area (Å²) in [5.41, 5.74) is 0. The van der Waals surface area contributed by atoms with E-state index in [4.69, 9.17) is 28.0 Å². The van der Waals surface area contributed by atoms with E-state index in [1.54, 1.807) is 7.05 Å². The van der Waals surface area contributed by atoms with E-state index in [0.29, 0.717) is 39.5 Å². The van der Waals surface area contributed by atoms with Crippen molar-refractivity contribution in [2.24, 2.45) is 0 Å². The van der Waals surface area contributed by atoms with Gasteiger partial charge in [-0.3, -0.25) is 9.05 Å². The first-order valence-corrected chi connectivity index (χ1v) is 18.2. The summed E-state index contributed by atoms with van der Waals surface area (Å²) in [6.45, 7) is 7.42. The van der Waals surface area contributed by atoms with Crippen LogP contribution in [0, 0.1) is 0 Å². The van der Waals surface area contributed by atoms with Gasteiger partial charge in [0.15, 0.2) is 6.29 Å². The van der Waals surface area contributed by atoms with Crippen molar-refractivity contribution >= 4 is 15.7 Å². The fourth-order valence-electron chi connectivity index (χ4n) is 4.49. The minimum atomic E-state index is -4.13. The summed E-state index contributed by atoms with van der Waals surface area (Å²) in [6.07, 6.45) is 20.4. The molecule has 41 heavy (non-hydrogen) atoms. The Labute approximate surface area is 253 Å². The van der Waals surface area contributed by atoms with Crippen LogP contribution in [0.2, 0.25) is 0 Å². The van der Waals surface area contributed by atoms with Gasteiger partial charge in [-0.2, -0.15) is 0 Å². The second-order valence-corrected chi connectivity index (χ2v) is 12.2. The molecule has 0 heterocycles. The average molecular weight is 610 g/mol. The van der Waals surface area contributed by atoms with Crippen molar-refractivity contribution < 1.29 is 37.5 Å². The van der Waals surface area contributed by atoms with Gasteiger partial charge in [-0.15, -0.1) is 0 Å². The number of unbranched alkanes of at least 4 members (excludes halogenated alkanes) is 14. The van der Waals surface area contributed by atoms with Crippen molar-refractivity contribution in [1.29, 1.82) is 0 Å². The second-order valence-electron chi connectivity index (χ2n) is 10.7. The number of phosphoric ester groups is 1. The third-order valence-electron chi connectivity index (χ3n) is 6.87. The zero-order valence-electron chi connectivity index (χ0n) is 27.1. The molecule has 3 atom stereocenters. The topological polar surface area (TPSA) is 105 Å². The van der Waals surface area contributed by atoms with Gasteiger partial charge in [0, 0.05) is 32.9 Å². The smallest absolute Gasteiger partial charge is 0.379 e. The van der Waals surface area contributed by atoms with E-state index >= 15 is 0 Å². The first-order valence-electron chi connectivity index (χ1n) is 16.7. The van der Waals surface area contributed by atoms with E-state index in [2.05, 4.69) is 12.2 Å². The Morgan fingerprint density at radius 3 is 1.85 bits per heavy atom. The van der Waals surface area contributed by atoms with E-state index in [9.17, 15) is 9.46 Å². The molecular formula is C30H65BNO8P. The fraction of sp³-hybridized carbons (Fsp3) is 1.00. The lowest BCUT2D eigenvalue weighted by Crippen LogP contribution is -2.26. The SMILES string of the molecule is BCOC(CCCCOC(COCCCCCCCCCCCCCCCC)COP(=O)(O)OCCNC)OCC. The lowest BCUT2D eigenvalue weighted by atomic mass is 10.0. The molecule has 246 valence electrons. The highest BCUT2D eigenvalue weighted by Gasteiger charge is 2.23. The van der Waals surface area contributed by atoms with Crippen molar-refractivity contribution in [3.63, 3.8) is 0 Å². The van der Waals surface area contributed by atoms with Gasteiger partial charge in [0.2, 0.25) is 0 Å². The highest BCUT2D eigenvalue weighted by atomic mass is 31.2. The first-order chi connectivity index (χ1) is 20.0. The molecule has 2 N–H and O–H groups in total. The normalized spacial score (nSPS) is 14.7. The van der Waals surface area contributed by atoms with Crippen LogP contribution in [0.25, 0.3) is 0 Å². The van der Waals surface area contributed by atoms with E-state index < -0.39 is 13.9 Å². The zero-order chi connectivity index (χ0) is 30.3. The number of likely N-dealkylation sites (N-methyl/N-ethyl adjacent to an activating group) is 1. The summed E-state index contributed by atoms with van der Waals surface area (Å²) in [5, 5.41) is 2.87. The predicted octanol–water partition coefficient (Wildman–Crippen LogP) is 6.36. The molecule has 0 amide bonds. The van der Waals surface area contributed by atoms with E-state index in [1.807, 2.05) is 14.8 Å². The fourth-order valence-corrected chi connectivity index (χ4v) is 5.24. The highest BCUT2D eigenvalue weighted by molar-refractivity contribution is 7.47. The van der Waals surface area contributed by atoms with Gasteiger partial charge >= 0.3 is 7.82 Å². The summed E-state index contributed by atoms with van der Waals surface area (Å²) in [4.78, 5) is 9.93. The minimum absolute atomic E-state index is 0.0629. The number of hydrogen-bond acceptors (Lipinski definition) is 8. The first kappa shape index (κ1) is 41.0. The van der Waals surface area contributed by atoms with Gasteiger partial charge in [-0.25, -0.2) is 4.57 Å². The van der Waals surface area contributed by atoms with Gasteiger partial charge in [-0.05, 0) is 39.7 Å². The quantitative estimate of drug-likeness (QED) is 0.0373. The van der Waals surface area contributed by atoms with E-state index in [0.717, 1.165) is 32.1 Å². The maximum Gasteiger partial charge on any atom is 0.472 e.